The number of hydrogen-bond donors (Lipinski definition) is 0. The molecule has 0 amide bonds. The van der Waals surface area contributed by atoms with Crippen LogP contribution < -0.4 is 0 Å². The molecule has 2 heterocycles. The van der Waals surface area contributed by atoms with E-state index < -0.39 is 10.9 Å². The van der Waals surface area contributed by atoms with Gasteiger partial charge < -0.3 is 9.47 Å². The van der Waals surface area contributed by atoms with Gasteiger partial charge >= 0.3 is 11.7 Å². The van der Waals surface area contributed by atoms with Crippen LogP contribution in [0.3, 0.4) is 0 Å². The molecule has 1 aromatic heterocycles. The molecular weight excluding hydrogens is 242 g/mol. The molecule has 0 radical (unpaired) electrons. The van der Waals surface area contributed by atoms with Crippen LogP contribution in [0.15, 0.2) is 6.20 Å². The highest BCUT2D eigenvalue weighted by molar-refractivity contribution is 5.91. The van der Waals surface area contributed by atoms with Crippen LogP contribution in [0.2, 0.25) is 0 Å². The first-order valence-electron chi connectivity index (χ1n) is 5.53. The number of esters is 1. The van der Waals surface area contributed by atoms with Crippen molar-refractivity contribution >= 4 is 11.7 Å². The standard InChI is InChI=1S/C10H13N3O5/c1-17-10(14)9-8(13(15)16)6-12(11-9)7-2-4-18-5-3-7/h6-7H,2-5H2,1H3. The third-order valence-corrected chi connectivity index (χ3v) is 2.85. The van der Waals surface area contributed by atoms with Crippen molar-refractivity contribution in [2.45, 2.75) is 18.9 Å². The summed E-state index contributed by atoms with van der Waals surface area (Å²) >= 11 is 0. The third-order valence-electron chi connectivity index (χ3n) is 2.85. The van der Waals surface area contributed by atoms with Gasteiger partial charge in [0.15, 0.2) is 0 Å². The van der Waals surface area contributed by atoms with Crippen molar-refractivity contribution in [1.82, 2.24) is 9.78 Å². The van der Waals surface area contributed by atoms with Crippen LogP contribution in [0, 0.1) is 10.1 Å². The number of carbonyl (C=O) groups is 1. The van der Waals surface area contributed by atoms with Crippen molar-refractivity contribution in [2.24, 2.45) is 0 Å². The number of carbonyl (C=O) groups excluding carboxylic acids is 1. The van der Waals surface area contributed by atoms with Crippen molar-refractivity contribution in [3.8, 4) is 0 Å². The maximum Gasteiger partial charge on any atom is 0.365 e. The summed E-state index contributed by atoms with van der Waals surface area (Å²) in [5.74, 6) is -0.799. The van der Waals surface area contributed by atoms with Crippen LogP contribution in [0.1, 0.15) is 29.4 Å². The minimum absolute atomic E-state index is 0.0239. The van der Waals surface area contributed by atoms with Gasteiger partial charge in [0.05, 0.1) is 18.1 Å². The Morgan fingerprint density at radius 3 is 2.83 bits per heavy atom. The second kappa shape index (κ2) is 5.13. The predicted molar refractivity (Wildman–Crippen MR) is 59.3 cm³/mol. The molecule has 1 saturated heterocycles. The molecule has 1 aromatic rings. The second-order valence-electron chi connectivity index (χ2n) is 3.94. The lowest BCUT2D eigenvalue weighted by Gasteiger charge is -2.21. The Kier molecular flexibility index (Phi) is 3.56. The van der Waals surface area contributed by atoms with Gasteiger partial charge in [-0.3, -0.25) is 14.8 Å². The minimum atomic E-state index is -0.799. The number of nitrogens with zero attached hydrogens (tertiary/aromatic N) is 3. The molecule has 0 aliphatic carbocycles. The quantitative estimate of drug-likeness (QED) is 0.453. The molecule has 0 N–H and O–H groups in total. The molecule has 1 aliphatic heterocycles. The lowest BCUT2D eigenvalue weighted by molar-refractivity contribution is -0.385. The number of nitro groups is 1. The van der Waals surface area contributed by atoms with Crippen molar-refractivity contribution < 1.29 is 19.2 Å². The molecule has 0 bridgehead atoms. The molecule has 0 aromatic carbocycles. The Hall–Kier alpha value is -1.96. The van der Waals surface area contributed by atoms with Gasteiger partial charge in [-0.25, -0.2) is 4.79 Å². The molecule has 98 valence electrons. The van der Waals surface area contributed by atoms with Crippen LogP contribution in [-0.2, 0) is 9.47 Å². The Morgan fingerprint density at radius 1 is 1.61 bits per heavy atom. The van der Waals surface area contributed by atoms with Crippen LogP contribution in [0.4, 0.5) is 5.69 Å². The second-order valence-corrected chi connectivity index (χ2v) is 3.94. The van der Waals surface area contributed by atoms with Gasteiger partial charge in [-0.2, -0.15) is 5.10 Å². The molecule has 0 unspecified atom stereocenters. The van der Waals surface area contributed by atoms with Gasteiger partial charge in [0.1, 0.15) is 6.20 Å². The van der Waals surface area contributed by atoms with Crippen LogP contribution in [0.25, 0.3) is 0 Å². The fourth-order valence-corrected chi connectivity index (χ4v) is 1.89. The summed E-state index contributed by atoms with van der Waals surface area (Å²) in [7, 11) is 1.17. The first kappa shape index (κ1) is 12.5. The zero-order valence-corrected chi connectivity index (χ0v) is 9.87. The molecule has 1 aliphatic rings. The third kappa shape index (κ3) is 2.33. The van der Waals surface area contributed by atoms with Gasteiger partial charge in [-0.1, -0.05) is 0 Å². The molecule has 0 saturated carbocycles. The first-order valence-corrected chi connectivity index (χ1v) is 5.53. The largest absolute Gasteiger partial charge is 0.464 e. The molecule has 1 fully saturated rings. The summed E-state index contributed by atoms with van der Waals surface area (Å²) in [6.07, 6.45) is 2.72. The smallest absolute Gasteiger partial charge is 0.365 e. The van der Waals surface area contributed by atoms with Crippen LogP contribution in [0.5, 0.6) is 0 Å². The fourth-order valence-electron chi connectivity index (χ4n) is 1.89. The molecule has 18 heavy (non-hydrogen) atoms. The number of ether oxygens (including phenoxy) is 2. The van der Waals surface area contributed by atoms with E-state index in [2.05, 4.69) is 9.84 Å². The van der Waals surface area contributed by atoms with E-state index in [-0.39, 0.29) is 17.4 Å². The highest BCUT2D eigenvalue weighted by atomic mass is 16.6. The van der Waals surface area contributed by atoms with Gasteiger partial charge in [0, 0.05) is 13.2 Å². The maximum absolute atomic E-state index is 11.4. The Bertz CT molecular complexity index is 464. The lowest BCUT2D eigenvalue weighted by atomic mass is 10.1. The first-order chi connectivity index (χ1) is 8.63. The molecule has 0 atom stereocenters. The normalized spacial score (nSPS) is 16.5. The maximum atomic E-state index is 11.4. The van der Waals surface area contributed by atoms with E-state index in [4.69, 9.17) is 4.74 Å². The molecular formula is C10H13N3O5. The predicted octanol–water partition coefficient (Wildman–Crippen LogP) is 0.929. The van der Waals surface area contributed by atoms with Gasteiger partial charge in [0.25, 0.3) is 0 Å². The summed E-state index contributed by atoms with van der Waals surface area (Å²) < 4.78 is 11.2. The number of methoxy groups -OCH3 is 1. The van der Waals surface area contributed by atoms with Crippen molar-refractivity contribution in [1.29, 1.82) is 0 Å². The average molecular weight is 255 g/mol. The summed E-state index contributed by atoms with van der Waals surface area (Å²) in [6, 6.07) is 0.0239. The Labute approximate surface area is 103 Å². The molecule has 0 spiro atoms. The highest BCUT2D eigenvalue weighted by Crippen LogP contribution is 2.25. The van der Waals surface area contributed by atoms with Gasteiger partial charge in [-0.15, -0.1) is 0 Å². The van der Waals surface area contributed by atoms with Crippen LogP contribution in [-0.4, -0.2) is 41.0 Å². The topological polar surface area (TPSA) is 96.5 Å². The molecule has 8 heteroatoms. The Balaban J connectivity index is 2.32. The fraction of sp³-hybridized carbons (Fsp3) is 0.600. The van der Waals surface area contributed by atoms with Gasteiger partial charge in [0.2, 0.25) is 5.69 Å². The van der Waals surface area contributed by atoms with E-state index in [1.165, 1.54) is 18.0 Å². The average Bonchev–Trinajstić information content (AvgIpc) is 2.84. The van der Waals surface area contributed by atoms with E-state index in [0.29, 0.717) is 13.2 Å². The van der Waals surface area contributed by atoms with Gasteiger partial charge in [-0.05, 0) is 12.8 Å². The highest BCUT2D eigenvalue weighted by Gasteiger charge is 2.29. The zero-order chi connectivity index (χ0) is 13.1. The van der Waals surface area contributed by atoms with Crippen molar-refractivity contribution in [3.05, 3.63) is 22.0 Å². The van der Waals surface area contributed by atoms with E-state index in [1.807, 2.05) is 0 Å². The van der Waals surface area contributed by atoms with E-state index in [1.54, 1.807) is 0 Å². The summed E-state index contributed by atoms with van der Waals surface area (Å²) in [5, 5.41) is 14.8. The van der Waals surface area contributed by atoms with Crippen LogP contribution >= 0.6 is 0 Å². The van der Waals surface area contributed by atoms with E-state index >= 15 is 0 Å². The summed E-state index contributed by atoms with van der Waals surface area (Å²) in [6.45, 7) is 1.18. The number of aromatic nitrogens is 2. The summed E-state index contributed by atoms with van der Waals surface area (Å²) in [5.41, 5.74) is -0.581. The minimum Gasteiger partial charge on any atom is -0.464 e. The summed E-state index contributed by atoms with van der Waals surface area (Å²) in [4.78, 5) is 21.6. The Morgan fingerprint density at radius 2 is 2.28 bits per heavy atom. The number of hydrogen-bond acceptors (Lipinski definition) is 6. The van der Waals surface area contributed by atoms with Crippen molar-refractivity contribution in [3.63, 3.8) is 0 Å². The lowest BCUT2D eigenvalue weighted by Crippen LogP contribution is -2.20. The van der Waals surface area contributed by atoms with E-state index in [9.17, 15) is 14.9 Å². The number of rotatable bonds is 3. The molecule has 2 rings (SSSR count). The molecule has 8 nitrogen and oxygen atoms in total. The van der Waals surface area contributed by atoms with E-state index in [0.717, 1.165) is 12.8 Å². The SMILES string of the molecule is COC(=O)c1nn(C2CCOCC2)cc1[N+](=O)[O-]. The monoisotopic (exact) mass is 255 g/mol. The zero-order valence-electron chi connectivity index (χ0n) is 9.87. The van der Waals surface area contributed by atoms with Crippen molar-refractivity contribution in [2.75, 3.05) is 20.3 Å².